The van der Waals surface area contributed by atoms with Crippen LogP contribution in [0.1, 0.15) is 23.6 Å². The predicted octanol–water partition coefficient (Wildman–Crippen LogP) is 3.86. The molecule has 0 saturated carbocycles. The third-order valence-corrected chi connectivity index (χ3v) is 2.71. The Balaban J connectivity index is 2.14. The van der Waals surface area contributed by atoms with Crippen molar-refractivity contribution in [3.8, 4) is 0 Å². The van der Waals surface area contributed by atoms with Crippen LogP contribution in [0.15, 0.2) is 54.6 Å². The Hall–Kier alpha value is -1.89. The topological polar surface area (TPSA) is 23.9 Å². The fraction of sp³-hybridized carbons (Fsp3) is 0.188. The van der Waals surface area contributed by atoms with Crippen molar-refractivity contribution in [3.63, 3.8) is 0 Å². The average molecular weight is 223 g/mol. The Morgan fingerprint density at radius 2 is 1.53 bits per heavy atom. The molecule has 2 rings (SSSR count). The van der Waals surface area contributed by atoms with Crippen molar-refractivity contribution in [2.24, 2.45) is 0 Å². The van der Waals surface area contributed by atoms with Crippen molar-refractivity contribution in [2.75, 3.05) is 0 Å². The molecule has 0 radical (unpaired) electrons. The van der Waals surface area contributed by atoms with Gasteiger partial charge in [0, 0.05) is 12.1 Å². The lowest BCUT2D eigenvalue weighted by molar-refractivity contribution is 1.16. The molecule has 1 nitrogen and oxygen atoms in total. The molecule has 17 heavy (non-hydrogen) atoms. The Morgan fingerprint density at radius 1 is 0.882 bits per heavy atom. The van der Waals surface area contributed by atoms with Crippen LogP contribution < -0.4 is 0 Å². The van der Waals surface area contributed by atoms with E-state index >= 15 is 0 Å². The molecule has 0 atom stereocenters. The summed E-state index contributed by atoms with van der Waals surface area (Å²) in [6.45, 7) is 1.85. The molecule has 0 saturated heterocycles. The maximum atomic E-state index is 7.52. The molecule has 0 heterocycles. The van der Waals surface area contributed by atoms with Gasteiger partial charge in [-0.1, -0.05) is 54.6 Å². The second-order valence-electron chi connectivity index (χ2n) is 4.44. The van der Waals surface area contributed by atoms with Crippen molar-refractivity contribution < 1.29 is 0 Å². The molecule has 1 N–H and O–H groups in total. The van der Waals surface area contributed by atoms with Crippen molar-refractivity contribution in [1.82, 2.24) is 0 Å². The van der Waals surface area contributed by atoms with E-state index in [2.05, 4.69) is 48.5 Å². The van der Waals surface area contributed by atoms with Crippen LogP contribution in [0.3, 0.4) is 0 Å². The van der Waals surface area contributed by atoms with Gasteiger partial charge in [-0.15, -0.1) is 0 Å². The van der Waals surface area contributed by atoms with E-state index in [9.17, 15) is 0 Å². The zero-order chi connectivity index (χ0) is 12.1. The molecule has 0 aliphatic rings. The maximum absolute atomic E-state index is 7.52. The summed E-state index contributed by atoms with van der Waals surface area (Å²) in [6, 6.07) is 19.0. The lowest BCUT2D eigenvalue weighted by atomic mass is 10.0. The highest BCUT2D eigenvalue weighted by Gasteiger charge is 1.99. The fourth-order valence-electron chi connectivity index (χ4n) is 1.99. The minimum Gasteiger partial charge on any atom is -0.310 e. The van der Waals surface area contributed by atoms with Gasteiger partial charge in [-0.3, -0.25) is 0 Å². The van der Waals surface area contributed by atoms with Crippen LogP contribution in [0.4, 0.5) is 0 Å². The summed E-state index contributed by atoms with van der Waals surface area (Å²) in [5.74, 6) is 0. The highest BCUT2D eigenvalue weighted by atomic mass is 14.4. The largest absolute Gasteiger partial charge is 0.310 e. The molecule has 0 aliphatic heterocycles. The first-order valence-electron chi connectivity index (χ1n) is 5.90. The Labute approximate surface area is 103 Å². The van der Waals surface area contributed by atoms with Crippen LogP contribution in [0.25, 0.3) is 0 Å². The number of rotatable bonds is 4. The van der Waals surface area contributed by atoms with Crippen LogP contribution in [0.5, 0.6) is 0 Å². The van der Waals surface area contributed by atoms with Crippen molar-refractivity contribution in [3.05, 3.63) is 71.3 Å². The molecule has 0 amide bonds. The van der Waals surface area contributed by atoms with E-state index in [4.69, 9.17) is 5.41 Å². The first-order chi connectivity index (χ1) is 8.24. The van der Waals surface area contributed by atoms with Gasteiger partial charge in [0.2, 0.25) is 0 Å². The third-order valence-electron chi connectivity index (χ3n) is 2.71. The van der Waals surface area contributed by atoms with Gasteiger partial charge in [0.05, 0.1) is 0 Å². The van der Waals surface area contributed by atoms with E-state index in [-0.39, 0.29) is 0 Å². The molecule has 1 heteroatoms. The van der Waals surface area contributed by atoms with Crippen LogP contribution in [-0.4, -0.2) is 5.71 Å². The van der Waals surface area contributed by atoms with Gasteiger partial charge >= 0.3 is 0 Å². The van der Waals surface area contributed by atoms with Gasteiger partial charge < -0.3 is 5.41 Å². The smallest absolute Gasteiger partial charge is 0.0102 e. The lowest BCUT2D eigenvalue weighted by Gasteiger charge is -2.05. The van der Waals surface area contributed by atoms with Crippen LogP contribution >= 0.6 is 0 Å². The number of hydrogen-bond acceptors (Lipinski definition) is 1. The first kappa shape index (κ1) is 11.6. The van der Waals surface area contributed by atoms with E-state index in [0.29, 0.717) is 5.71 Å². The van der Waals surface area contributed by atoms with Gasteiger partial charge in [0.1, 0.15) is 0 Å². The maximum Gasteiger partial charge on any atom is 0.0102 e. The van der Waals surface area contributed by atoms with E-state index in [1.54, 1.807) is 0 Å². The zero-order valence-corrected chi connectivity index (χ0v) is 10.1. The second-order valence-corrected chi connectivity index (χ2v) is 4.44. The normalized spacial score (nSPS) is 10.2. The third kappa shape index (κ3) is 3.56. The average Bonchev–Trinajstić information content (AvgIpc) is 2.30. The lowest BCUT2D eigenvalue weighted by Crippen LogP contribution is -1.96. The summed E-state index contributed by atoms with van der Waals surface area (Å²) < 4.78 is 0. The molecule has 0 aromatic heterocycles. The summed E-state index contributed by atoms with van der Waals surface area (Å²) in [5.41, 5.74) is 4.58. The fourth-order valence-corrected chi connectivity index (χ4v) is 1.99. The second kappa shape index (κ2) is 5.44. The van der Waals surface area contributed by atoms with Crippen LogP contribution in [-0.2, 0) is 12.8 Å². The molecule has 0 bridgehead atoms. The summed E-state index contributed by atoms with van der Waals surface area (Å²) >= 11 is 0. The standard InChI is InChI=1S/C16H17N/c1-13(17)10-15-8-5-9-16(12-15)11-14-6-3-2-4-7-14/h2-9,12,17H,10-11H2,1H3. The highest BCUT2D eigenvalue weighted by molar-refractivity contribution is 5.81. The van der Waals surface area contributed by atoms with E-state index < -0.39 is 0 Å². The van der Waals surface area contributed by atoms with Crippen LogP contribution in [0.2, 0.25) is 0 Å². The SMILES string of the molecule is CC(=N)Cc1cccc(Cc2ccccc2)c1. The van der Waals surface area contributed by atoms with E-state index in [0.717, 1.165) is 12.8 Å². The van der Waals surface area contributed by atoms with Gasteiger partial charge in [0.15, 0.2) is 0 Å². The molecule has 0 fully saturated rings. The van der Waals surface area contributed by atoms with Crippen molar-refractivity contribution >= 4 is 5.71 Å². The summed E-state index contributed by atoms with van der Waals surface area (Å²) in [6.07, 6.45) is 1.72. The molecule has 0 unspecified atom stereocenters. The molecule has 86 valence electrons. The monoisotopic (exact) mass is 223 g/mol. The minimum atomic E-state index is 0.710. The quantitative estimate of drug-likeness (QED) is 0.761. The van der Waals surface area contributed by atoms with Gasteiger partial charge in [-0.2, -0.15) is 0 Å². The molecule has 0 aliphatic carbocycles. The molecular formula is C16H17N. The Morgan fingerprint density at radius 3 is 2.24 bits per heavy atom. The first-order valence-corrected chi connectivity index (χ1v) is 5.90. The molecule has 0 spiro atoms. The summed E-state index contributed by atoms with van der Waals surface area (Å²) in [4.78, 5) is 0. The van der Waals surface area contributed by atoms with E-state index in [1.165, 1.54) is 16.7 Å². The van der Waals surface area contributed by atoms with Gasteiger partial charge in [-0.05, 0) is 30.0 Å². The van der Waals surface area contributed by atoms with E-state index in [1.807, 2.05) is 13.0 Å². The minimum absolute atomic E-state index is 0.710. The Bertz CT molecular complexity index is 500. The number of benzene rings is 2. The summed E-state index contributed by atoms with van der Waals surface area (Å²) in [7, 11) is 0. The number of nitrogens with one attached hydrogen (secondary N) is 1. The van der Waals surface area contributed by atoms with Gasteiger partial charge in [0.25, 0.3) is 0 Å². The molecular weight excluding hydrogens is 206 g/mol. The van der Waals surface area contributed by atoms with Crippen molar-refractivity contribution in [1.29, 1.82) is 5.41 Å². The van der Waals surface area contributed by atoms with Gasteiger partial charge in [-0.25, -0.2) is 0 Å². The highest BCUT2D eigenvalue weighted by Crippen LogP contribution is 2.12. The molecule has 2 aromatic rings. The van der Waals surface area contributed by atoms with Crippen LogP contribution in [0, 0.1) is 5.41 Å². The molecule has 2 aromatic carbocycles. The summed E-state index contributed by atoms with van der Waals surface area (Å²) in [5, 5.41) is 7.52. The van der Waals surface area contributed by atoms with Crippen molar-refractivity contribution in [2.45, 2.75) is 19.8 Å². The Kier molecular flexibility index (Phi) is 3.71. The predicted molar refractivity (Wildman–Crippen MR) is 72.8 cm³/mol. The number of hydrogen-bond donors (Lipinski definition) is 1. The zero-order valence-electron chi connectivity index (χ0n) is 10.1.